The first-order valence-electron chi connectivity index (χ1n) is 5.70. The number of hydrogen-bond acceptors (Lipinski definition) is 4. The molecular weight excluding hydrogens is 236 g/mol. The van der Waals surface area contributed by atoms with Crippen molar-refractivity contribution >= 4 is 11.7 Å². The molecule has 0 atom stereocenters. The van der Waals surface area contributed by atoms with Crippen LogP contribution in [0.1, 0.15) is 18.9 Å². The highest BCUT2D eigenvalue weighted by Gasteiger charge is 2.08. The fraction of sp³-hybridized carbons (Fsp3) is 0.417. The van der Waals surface area contributed by atoms with Crippen LogP contribution in [0.25, 0.3) is 0 Å². The van der Waals surface area contributed by atoms with Gasteiger partial charge in [0.2, 0.25) is 0 Å². The smallest absolute Gasteiger partial charge is 0.304 e. The van der Waals surface area contributed by atoms with E-state index in [4.69, 9.17) is 5.11 Å². The normalized spacial score (nSPS) is 10.6. The van der Waals surface area contributed by atoms with Crippen LogP contribution in [0.5, 0.6) is 0 Å². The largest absolute Gasteiger partial charge is 0.481 e. The Kier molecular flexibility index (Phi) is 5.26. The Morgan fingerprint density at radius 3 is 2.44 bits per heavy atom. The predicted octanol–water partition coefficient (Wildman–Crippen LogP) is 1.89. The highest BCUT2D eigenvalue weighted by Crippen LogP contribution is 2.13. The molecule has 18 heavy (non-hydrogen) atoms. The minimum absolute atomic E-state index is 0.0623. The van der Waals surface area contributed by atoms with Crippen LogP contribution >= 0.6 is 0 Å². The summed E-state index contributed by atoms with van der Waals surface area (Å²) >= 11 is 0. The molecule has 1 N–H and O–H groups in total. The van der Waals surface area contributed by atoms with Crippen molar-refractivity contribution in [3.05, 3.63) is 39.9 Å². The Balaban J connectivity index is 2.58. The fourth-order valence-electron chi connectivity index (χ4n) is 1.58. The van der Waals surface area contributed by atoms with Crippen molar-refractivity contribution in [3.8, 4) is 0 Å². The number of aliphatic carboxylic acids is 1. The average Bonchev–Trinajstić information content (AvgIpc) is 2.34. The predicted molar refractivity (Wildman–Crippen MR) is 66.3 cm³/mol. The summed E-state index contributed by atoms with van der Waals surface area (Å²) in [6, 6.07) is 6.31. The molecule has 0 saturated carbocycles. The lowest BCUT2D eigenvalue weighted by Gasteiger charge is -2.19. The van der Waals surface area contributed by atoms with Crippen LogP contribution in [0.3, 0.4) is 0 Å². The summed E-state index contributed by atoms with van der Waals surface area (Å²) in [7, 11) is 0. The Bertz CT molecular complexity index is 417. The average molecular weight is 252 g/mol. The van der Waals surface area contributed by atoms with E-state index >= 15 is 0 Å². The number of nitro benzene ring substituents is 1. The standard InChI is InChI=1S/C12H16N2O4/c1-2-13(8-7-12(15)16)9-10-3-5-11(6-4-10)14(17)18/h3-6H,2,7-9H2,1H3,(H,15,16). The van der Waals surface area contributed by atoms with Gasteiger partial charge < -0.3 is 5.11 Å². The highest BCUT2D eigenvalue weighted by atomic mass is 16.6. The summed E-state index contributed by atoms with van der Waals surface area (Å²) in [4.78, 5) is 22.5. The van der Waals surface area contributed by atoms with Gasteiger partial charge in [-0.1, -0.05) is 19.1 Å². The van der Waals surface area contributed by atoms with Crippen LogP contribution in [-0.2, 0) is 11.3 Å². The number of carboxylic acid groups (broad SMARTS) is 1. The van der Waals surface area contributed by atoms with Crippen molar-refractivity contribution in [2.45, 2.75) is 19.9 Å². The van der Waals surface area contributed by atoms with E-state index in [0.717, 1.165) is 12.1 Å². The zero-order valence-electron chi connectivity index (χ0n) is 10.2. The summed E-state index contributed by atoms with van der Waals surface area (Å²) in [5, 5.41) is 19.1. The number of nitro groups is 1. The van der Waals surface area contributed by atoms with E-state index in [1.54, 1.807) is 12.1 Å². The van der Waals surface area contributed by atoms with Crippen LogP contribution < -0.4 is 0 Å². The maximum absolute atomic E-state index is 10.5. The molecule has 98 valence electrons. The molecule has 0 aliphatic rings. The SMILES string of the molecule is CCN(CCC(=O)O)Cc1ccc([N+](=O)[O-])cc1. The Morgan fingerprint density at radius 1 is 1.39 bits per heavy atom. The molecule has 0 fully saturated rings. The van der Waals surface area contributed by atoms with Gasteiger partial charge in [-0.3, -0.25) is 19.8 Å². The van der Waals surface area contributed by atoms with Crippen molar-refractivity contribution < 1.29 is 14.8 Å². The lowest BCUT2D eigenvalue weighted by molar-refractivity contribution is -0.384. The van der Waals surface area contributed by atoms with E-state index in [1.807, 2.05) is 11.8 Å². The quantitative estimate of drug-likeness (QED) is 0.591. The van der Waals surface area contributed by atoms with Crippen molar-refractivity contribution in [2.75, 3.05) is 13.1 Å². The molecule has 0 heterocycles. The third kappa shape index (κ3) is 4.50. The van der Waals surface area contributed by atoms with Crippen LogP contribution in [0, 0.1) is 10.1 Å². The number of hydrogen-bond donors (Lipinski definition) is 1. The van der Waals surface area contributed by atoms with Gasteiger partial charge in [0.1, 0.15) is 0 Å². The molecule has 1 rings (SSSR count). The number of carbonyl (C=O) groups is 1. The van der Waals surface area contributed by atoms with Gasteiger partial charge in [-0.05, 0) is 12.1 Å². The maximum Gasteiger partial charge on any atom is 0.304 e. The first kappa shape index (κ1) is 14.1. The topological polar surface area (TPSA) is 83.7 Å². The highest BCUT2D eigenvalue weighted by molar-refractivity contribution is 5.66. The third-order valence-corrected chi connectivity index (χ3v) is 2.64. The van der Waals surface area contributed by atoms with Gasteiger partial charge in [0.25, 0.3) is 5.69 Å². The fourth-order valence-corrected chi connectivity index (χ4v) is 1.58. The lowest BCUT2D eigenvalue weighted by Crippen LogP contribution is -2.25. The molecule has 0 bridgehead atoms. The monoisotopic (exact) mass is 252 g/mol. The van der Waals surface area contributed by atoms with Gasteiger partial charge >= 0.3 is 5.97 Å². The Morgan fingerprint density at radius 2 is 2.00 bits per heavy atom. The number of non-ortho nitro benzene ring substituents is 1. The van der Waals surface area contributed by atoms with Gasteiger partial charge in [-0.2, -0.15) is 0 Å². The number of benzene rings is 1. The lowest BCUT2D eigenvalue weighted by atomic mass is 10.2. The second-order valence-electron chi connectivity index (χ2n) is 3.94. The van der Waals surface area contributed by atoms with E-state index in [9.17, 15) is 14.9 Å². The third-order valence-electron chi connectivity index (χ3n) is 2.64. The van der Waals surface area contributed by atoms with Gasteiger partial charge in [0.15, 0.2) is 0 Å². The molecule has 0 aromatic heterocycles. The minimum atomic E-state index is -0.822. The van der Waals surface area contributed by atoms with E-state index < -0.39 is 10.9 Å². The van der Waals surface area contributed by atoms with Gasteiger partial charge in [0, 0.05) is 25.2 Å². The molecule has 1 aromatic carbocycles. The molecule has 0 unspecified atom stereocenters. The minimum Gasteiger partial charge on any atom is -0.481 e. The summed E-state index contributed by atoms with van der Waals surface area (Å²) in [5.41, 5.74) is 1.00. The Hall–Kier alpha value is -1.95. The van der Waals surface area contributed by atoms with Crippen molar-refractivity contribution in [2.24, 2.45) is 0 Å². The number of rotatable bonds is 7. The molecule has 0 spiro atoms. The molecule has 1 aromatic rings. The molecule has 0 saturated heterocycles. The summed E-state index contributed by atoms with van der Waals surface area (Å²) < 4.78 is 0. The van der Waals surface area contributed by atoms with Crippen LogP contribution in [0.4, 0.5) is 5.69 Å². The van der Waals surface area contributed by atoms with Crippen LogP contribution in [0.15, 0.2) is 24.3 Å². The van der Waals surface area contributed by atoms with E-state index in [1.165, 1.54) is 12.1 Å². The Labute approximate surface area is 105 Å². The summed E-state index contributed by atoms with van der Waals surface area (Å²) in [6.45, 7) is 3.77. The molecule has 0 radical (unpaired) electrons. The van der Waals surface area contributed by atoms with Gasteiger partial charge in [-0.15, -0.1) is 0 Å². The molecule has 0 aliphatic heterocycles. The van der Waals surface area contributed by atoms with Crippen molar-refractivity contribution in [1.82, 2.24) is 4.90 Å². The first-order chi connectivity index (χ1) is 8.52. The maximum atomic E-state index is 10.5. The van der Waals surface area contributed by atoms with Crippen molar-refractivity contribution in [1.29, 1.82) is 0 Å². The second-order valence-corrected chi connectivity index (χ2v) is 3.94. The zero-order valence-corrected chi connectivity index (χ0v) is 10.2. The van der Waals surface area contributed by atoms with E-state index in [-0.39, 0.29) is 12.1 Å². The molecule has 0 amide bonds. The number of nitrogens with zero attached hydrogens (tertiary/aromatic N) is 2. The van der Waals surface area contributed by atoms with Gasteiger partial charge in [0.05, 0.1) is 11.3 Å². The second kappa shape index (κ2) is 6.70. The van der Waals surface area contributed by atoms with E-state index in [2.05, 4.69) is 0 Å². The molecular formula is C12H16N2O4. The van der Waals surface area contributed by atoms with Crippen LogP contribution in [-0.4, -0.2) is 34.0 Å². The van der Waals surface area contributed by atoms with E-state index in [0.29, 0.717) is 13.1 Å². The molecule has 6 nitrogen and oxygen atoms in total. The molecule has 6 heteroatoms. The zero-order chi connectivity index (χ0) is 13.5. The summed E-state index contributed by atoms with van der Waals surface area (Å²) in [5.74, 6) is -0.822. The first-order valence-corrected chi connectivity index (χ1v) is 5.70. The summed E-state index contributed by atoms with van der Waals surface area (Å²) in [6.07, 6.45) is 0.0980. The van der Waals surface area contributed by atoms with Crippen molar-refractivity contribution in [3.63, 3.8) is 0 Å². The van der Waals surface area contributed by atoms with Crippen LogP contribution in [0.2, 0.25) is 0 Å². The number of carboxylic acids is 1. The van der Waals surface area contributed by atoms with Gasteiger partial charge in [-0.25, -0.2) is 0 Å². The molecule has 0 aliphatic carbocycles.